The third-order valence-electron chi connectivity index (χ3n) is 6.99. The summed E-state index contributed by atoms with van der Waals surface area (Å²) in [6.45, 7) is 3.82. The Hall–Kier alpha value is -2.28. The molecule has 2 aromatic rings. The number of phenols is 1. The molecule has 0 radical (unpaired) electrons. The summed E-state index contributed by atoms with van der Waals surface area (Å²) in [4.78, 5) is 13.3. The fourth-order valence-corrected chi connectivity index (χ4v) is 5.88. The molecule has 0 spiro atoms. The number of amides is 1. The minimum absolute atomic E-state index is 0.172. The lowest BCUT2D eigenvalue weighted by atomic mass is 9.91. The van der Waals surface area contributed by atoms with E-state index in [1.54, 1.807) is 29.3 Å². The fraction of sp³-hybridized carbons (Fsp3) is 0.417. The number of carbonyl (C=O) groups is 1. The van der Waals surface area contributed by atoms with E-state index in [-0.39, 0.29) is 23.6 Å². The second-order valence-corrected chi connectivity index (χ2v) is 9.89. The number of hydrazone groups is 1. The quantitative estimate of drug-likeness (QED) is 0.655. The number of rotatable bonds is 4. The van der Waals surface area contributed by atoms with E-state index >= 15 is 0 Å². The van der Waals surface area contributed by atoms with Gasteiger partial charge in [-0.2, -0.15) is 5.10 Å². The van der Waals surface area contributed by atoms with Crippen LogP contribution in [0, 0.1) is 17.8 Å². The zero-order valence-electron chi connectivity index (χ0n) is 17.8. The van der Waals surface area contributed by atoms with Crippen molar-refractivity contribution in [2.45, 2.75) is 32.2 Å². The molecule has 2 aliphatic heterocycles. The summed E-state index contributed by atoms with van der Waals surface area (Å²) in [5.41, 5.74) is 5.18. The van der Waals surface area contributed by atoms with E-state index in [0.29, 0.717) is 33.3 Å². The Kier molecular flexibility index (Phi) is 5.78. The van der Waals surface area contributed by atoms with Crippen molar-refractivity contribution in [3.63, 3.8) is 0 Å². The number of aromatic hydroxyl groups is 1. The highest BCUT2D eigenvalue weighted by molar-refractivity contribution is 6.41. The first-order valence-electron chi connectivity index (χ1n) is 11.1. The number of anilines is 1. The Morgan fingerprint density at radius 1 is 1.09 bits per heavy atom. The van der Waals surface area contributed by atoms with E-state index in [0.717, 1.165) is 18.7 Å². The maximum Gasteiger partial charge on any atom is 0.282 e. The van der Waals surface area contributed by atoms with Crippen LogP contribution in [-0.2, 0) is 4.79 Å². The van der Waals surface area contributed by atoms with Crippen molar-refractivity contribution in [3.05, 3.63) is 58.1 Å². The van der Waals surface area contributed by atoms with Crippen molar-refractivity contribution in [2.24, 2.45) is 22.9 Å². The molecule has 0 bridgehead atoms. The first-order chi connectivity index (χ1) is 15.4. The Morgan fingerprint density at radius 2 is 1.78 bits per heavy atom. The highest BCUT2D eigenvalue weighted by Gasteiger charge is 2.42. The van der Waals surface area contributed by atoms with Gasteiger partial charge in [0.1, 0.15) is 11.5 Å². The van der Waals surface area contributed by atoms with E-state index < -0.39 is 0 Å². The van der Waals surface area contributed by atoms with Crippen molar-refractivity contribution in [3.8, 4) is 5.75 Å². The molecule has 2 unspecified atom stereocenters. The predicted molar refractivity (Wildman–Crippen MR) is 127 cm³/mol. The lowest BCUT2D eigenvalue weighted by molar-refractivity contribution is -0.119. The monoisotopic (exact) mass is 472 g/mol. The smallest absolute Gasteiger partial charge is 0.282 e. The van der Waals surface area contributed by atoms with Gasteiger partial charge in [-0.1, -0.05) is 48.7 Å². The first-order valence-corrected chi connectivity index (χ1v) is 11.8. The Bertz CT molecular complexity index is 1050. The summed E-state index contributed by atoms with van der Waals surface area (Å²) >= 11 is 12.6. The predicted octanol–water partition coefficient (Wildman–Crippen LogP) is 5.02. The number of carbonyl (C=O) groups excluding carboxylic acids is 1. The number of hydrogen-bond acceptors (Lipinski definition) is 5. The van der Waals surface area contributed by atoms with E-state index in [1.807, 2.05) is 25.1 Å². The SMILES string of the molecule is C[C@@H]1C(C(=O)NN2CC3CCCC3C2)=NN(c2ccc(Cl)cc2Cl)[C@@H]1c1ccc(O)cc1. The van der Waals surface area contributed by atoms with Crippen molar-refractivity contribution >= 4 is 40.5 Å². The van der Waals surface area contributed by atoms with Gasteiger partial charge < -0.3 is 5.11 Å². The number of hydrazine groups is 1. The van der Waals surface area contributed by atoms with Crippen LogP contribution in [0.4, 0.5) is 5.69 Å². The average Bonchev–Trinajstić information content (AvgIpc) is 3.42. The third kappa shape index (κ3) is 3.96. The molecule has 1 aliphatic carbocycles. The van der Waals surface area contributed by atoms with Crippen molar-refractivity contribution in [1.29, 1.82) is 0 Å². The van der Waals surface area contributed by atoms with Gasteiger partial charge in [0, 0.05) is 24.0 Å². The number of fused-ring (bicyclic) bond motifs is 1. The van der Waals surface area contributed by atoms with Crippen molar-refractivity contribution < 1.29 is 9.90 Å². The summed E-state index contributed by atoms with van der Waals surface area (Å²) in [5.74, 6) is 1.20. The number of phenolic OH excluding ortho intramolecular Hbond substituents is 1. The van der Waals surface area contributed by atoms with Gasteiger partial charge in [0.25, 0.3) is 5.91 Å². The molecule has 32 heavy (non-hydrogen) atoms. The van der Waals surface area contributed by atoms with Crippen LogP contribution in [0.5, 0.6) is 5.75 Å². The van der Waals surface area contributed by atoms with Crippen LogP contribution in [0.1, 0.15) is 37.8 Å². The maximum atomic E-state index is 13.3. The highest BCUT2D eigenvalue weighted by atomic mass is 35.5. The Morgan fingerprint density at radius 3 is 2.44 bits per heavy atom. The van der Waals surface area contributed by atoms with E-state index in [2.05, 4.69) is 10.4 Å². The molecule has 168 valence electrons. The number of halogens is 2. The second-order valence-electron chi connectivity index (χ2n) is 9.05. The summed E-state index contributed by atoms with van der Waals surface area (Å²) in [5, 5.41) is 19.3. The van der Waals surface area contributed by atoms with E-state index in [9.17, 15) is 9.90 Å². The highest BCUT2D eigenvalue weighted by Crippen LogP contribution is 2.43. The first kappa shape index (κ1) is 21.6. The summed E-state index contributed by atoms with van der Waals surface area (Å²) in [6, 6.07) is 12.0. The van der Waals surface area contributed by atoms with Gasteiger partial charge in [0.2, 0.25) is 0 Å². The van der Waals surface area contributed by atoms with Crippen molar-refractivity contribution in [2.75, 3.05) is 18.1 Å². The van der Waals surface area contributed by atoms with Gasteiger partial charge in [0.15, 0.2) is 0 Å². The molecule has 2 heterocycles. The molecule has 5 rings (SSSR count). The molecule has 1 saturated carbocycles. The zero-order valence-corrected chi connectivity index (χ0v) is 19.4. The standard InChI is InChI=1S/C24H26Cl2N4O2/c1-14-22(24(32)28-29-12-16-3-2-4-17(16)13-29)27-30(21-10-7-18(25)11-20(21)26)23(14)15-5-8-19(31)9-6-15/h5-11,14,16-17,23,31H,2-4,12-13H2,1H3,(H,28,32)/t14-,16?,17?,23+/m1/s1. The summed E-state index contributed by atoms with van der Waals surface area (Å²) < 4.78 is 0. The lowest BCUT2D eigenvalue weighted by Crippen LogP contribution is -2.45. The number of nitrogens with zero attached hydrogens (tertiary/aromatic N) is 3. The molecule has 1 amide bonds. The van der Waals surface area contributed by atoms with Crippen LogP contribution >= 0.6 is 23.2 Å². The van der Waals surface area contributed by atoms with Crippen molar-refractivity contribution in [1.82, 2.24) is 10.4 Å². The van der Waals surface area contributed by atoms with Crippen LogP contribution in [0.25, 0.3) is 0 Å². The molecular formula is C24H26Cl2N4O2. The van der Waals surface area contributed by atoms with Gasteiger partial charge >= 0.3 is 0 Å². The van der Waals surface area contributed by atoms with Crippen LogP contribution in [0.2, 0.25) is 10.0 Å². The van der Waals surface area contributed by atoms with Gasteiger partial charge in [-0.3, -0.25) is 15.2 Å². The molecule has 8 heteroatoms. The molecule has 0 aromatic heterocycles. The molecular weight excluding hydrogens is 447 g/mol. The van der Waals surface area contributed by atoms with Crippen LogP contribution in [0.3, 0.4) is 0 Å². The summed E-state index contributed by atoms with van der Waals surface area (Å²) in [7, 11) is 0. The van der Waals surface area contributed by atoms with Gasteiger partial charge in [-0.05, 0) is 60.6 Å². The average molecular weight is 473 g/mol. The minimum Gasteiger partial charge on any atom is -0.508 e. The number of hydrogen-bond donors (Lipinski definition) is 2. The van der Waals surface area contributed by atoms with E-state index in [1.165, 1.54) is 19.3 Å². The van der Waals surface area contributed by atoms with Crippen LogP contribution in [-0.4, -0.2) is 34.8 Å². The molecule has 6 nitrogen and oxygen atoms in total. The molecule has 4 atom stereocenters. The fourth-order valence-electron chi connectivity index (χ4n) is 5.38. The lowest BCUT2D eigenvalue weighted by Gasteiger charge is -2.27. The zero-order chi connectivity index (χ0) is 22.4. The second kappa shape index (κ2) is 8.58. The Labute approximate surface area is 197 Å². The van der Waals surface area contributed by atoms with Gasteiger partial charge in [-0.15, -0.1) is 0 Å². The molecule has 2 fully saturated rings. The third-order valence-corrected chi connectivity index (χ3v) is 7.53. The van der Waals surface area contributed by atoms with Crippen LogP contribution < -0.4 is 10.4 Å². The molecule has 3 aliphatic rings. The maximum absolute atomic E-state index is 13.3. The molecule has 2 aromatic carbocycles. The Balaban J connectivity index is 1.44. The molecule has 2 N–H and O–H groups in total. The minimum atomic E-state index is -0.243. The number of benzene rings is 2. The topological polar surface area (TPSA) is 68.2 Å². The largest absolute Gasteiger partial charge is 0.508 e. The van der Waals surface area contributed by atoms with Gasteiger partial charge in [-0.25, -0.2) is 5.01 Å². The van der Waals surface area contributed by atoms with Crippen LogP contribution in [0.15, 0.2) is 47.6 Å². The van der Waals surface area contributed by atoms with Gasteiger partial charge in [0.05, 0.1) is 16.8 Å². The molecule has 1 saturated heterocycles. The summed E-state index contributed by atoms with van der Waals surface area (Å²) in [6.07, 6.45) is 3.80. The normalized spacial score (nSPS) is 27.5. The number of nitrogens with one attached hydrogen (secondary N) is 1. The van der Waals surface area contributed by atoms with E-state index in [4.69, 9.17) is 28.3 Å².